The van der Waals surface area contributed by atoms with Crippen LogP contribution in [0.5, 0.6) is 5.75 Å². The zero-order chi connectivity index (χ0) is 16.0. The first kappa shape index (κ1) is 18.5. The van der Waals surface area contributed by atoms with Gasteiger partial charge in [-0.25, -0.2) is 0 Å². The van der Waals surface area contributed by atoms with Crippen LogP contribution in [0.15, 0.2) is 24.3 Å². The lowest BCUT2D eigenvalue weighted by Crippen LogP contribution is -2.22. The number of nitrogens with one attached hydrogen (secondary N) is 1. The highest BCUT2D eigenvalue weighted by molar-refractivity contribution is 5.68. The summed E-state index contributed by atoms with van der Waals surface area (Å²) in [4.78, 5) is 15.3. The lowest BCUT2D eigenvalue weighted by atomic mass is 10.1. The SMILES string of the molecule is CCCCCCCCOc1ccc(CONCC(=O)O)cc1. The number of aliphatic carboxylic acids is 1. The summed E-state index contributed by atoms with van der Waals surface area (Å²) in [6.07, 6.45) is 7.52. The molecule has 0 saturated carbocycles. The molecule has 0 heterocycles. The molecule has 0 amide bonds. The first-order valence-corrected chi connectivity index (χ1v) is 8.00. The molecular formula is C17H27NO4. The Morgan fingerprint density at radius 3 is 2.45 bits per heavy atom. The standard InChI is InChI=1S/C17H27NO4/c1-2-3-4-5-6-7-12-21-16-10-8-15(9-11-16)14-22-18-13-17(19)20/h8-11,18H,2-7,12-14H2,1H3,(H,19,20). The van der Waals surface area contributed by atoms with Crippen molar-refractivity contribution in [1.82, 2.24) is 5.48 Å². The third-order valence-electron chi connectivity index (χ3n) is 3.25. The topological polar surface area (TPSA) is 67.8 Å². The molecule has 0 radical (unpaired) electrons. The molecule has 5 heteroatoms. The molecule has 1 aromatic rings. The van der Waals surface area contributed by atoms with Crippen molar-refractivity contribution < 1.29 is 19.5 Å². The summed E-state index contributed by atoms with van der Waals surface area (Å²) >= 11 is 0. The maximum Gasteiger partial charge on any atom is 0.319 e. The van der Waals surface area contributed by atoms with Gasteiger partial charge in [0.15, 0.2) is 0 Å². The molecule has 22 heavy (non-hydrogen) atoms. The fourth-order valence-electron chi connectivity index (χ4n) is 2.00. The predicted molar refractivity (Wildman–Crippen MR) is 85.7 cm³/mol. The van der Waals surface area contributed by atoms with Crippen molar-refractivity contribution in [2.75, 3.05) is 13.2 Å². The molecule has 0 spiro atoms. The molecule has 0 atom stereocenters. The van der Waals surface area contributed by atoms with Gasteiger partial charge in [-0.1, -0.05) is 51.2 Å². The number of hydrogen-bond donors (Lipinski definition) is 2. The highest BCUT2D eigenvalue weighted by atomic mass is 16.6. The molecule has 5 nitrogen and oxygen atoms in total. The number of carboxylic acids is 1. The number of ether oxygens (including phenoxy) is 1. The van der Waals surface area contributed by atoms with Gasteiger partial charge in [-0.15, -0.1) is 0 Å². The van der Waals surface area contributed by atoms with Gasteiger partial charge in [-0.2, -0.15) is 5.48 Å². The first-order valence-electron chi connectivity index (χ1n) is 8.00. The van der Waals surface area contributed by atoms with Crippen LogP contribution in [-0.4, -0.2) is 24.2 Å². The molecule has 0 bridgehead atoms. The van der Waals surface area contributed by atoms with Crippen LogP contribution >= 0.6 is 0 Å². The van der Waals surface area contributed by atoms with Crippen molar-refractivity contribution in [3.05, 3.63) is 29.8 Å². The Kier molecular flexibility index (Phi) is 10.1. The number of hydroxylamine groups is 1. The number of carbonyl (C=O) groups is 1. The summed E-state index contributed by atoms with van der Waals surface area (Å²) in [5.74, 6) is -0.0887. The Balaban J connectivity index is 2.09. The van der Waals surface area contributed by atoms with Crippen LogP contribution in [0, 0.1) is 0 Å². The lowest BCUT2D eigenvalue weighted by molar-refractivity contribution is -0.139. The Morgan fingerprint density at radius 2 is 1.77 bits per heavy atom. The highest BCUT2D eigenvalue weighted by Gasteiger charge is 1.98. The number of unbranched alkanes of at least 4 members (excludes halogenated alkanes) is 5. The normalized spacial score (nSPS) is 10.6. The highest BCUT2D eigenvalue weighted by Crippen LogP contribution is 2.13. The van der Waals surface area contributed by atoms with Crippen molar-refractivity contribution in [2.24, 2.45) is 0 Å². The third-order valence-corrected chi connectivity index (χ3v) is 3.25. The van der Waals surface area contributed by atoms with Gasteiger partial charge in [0, 0.05) is 0 Å². The van der Waals surface area contributed by atoms with E-state index in [0.29, 0.717) is 6.61 Å². The minimum Gasteiger partial charge on any atom is -0.494 e. The molecule has 1 aromatic carbocycles. The minimum absolute atomic E-state index is 0.209. The largest absolute Gasteiger partial charge is 0.494 e. The van der Waals surface area contributed by atoms with Crippen molar-refractivity contribution in [3.63, 3.8) is 0 Å². The Hall–Kier alpha value is -1.59. The summed E-state index contributed by atoms with van der Waals surface area (Å²) in [7, 11) is 0. The third kappa shape index (κ3) is 9.37. The van der Waals surface area contributed by atoms with Gasteiger partial charge in [0.05, 0.1) is 13.2 Å². The van der Waals surface area contributed by atoms with Gasteiger partial charge >= 0.3 is 5.97 Å². The molecule has 0 fully saturated rings. The van der Waals surface area contributed by atoms with Crippen LogP contribution in [-0.2, 0) is 16.2 Å². The van der Waals surface area contributed by atoms with E-state index in [-0.39, 0.29) is 6.54 Å². The lowest BCUT2D eigenvalue weighted by Gasteiger charge is -2.08. The molecule has 0 saturated heterocycles. The van der Waals surface area contributed by atoms with Gasteiger partial charge in [0.1, 0.15) is 12.3 Å². The summed E-state index contributed by atoms with van der Waals surface area (Å²) < 4.78 is 5.69. The molecule has 124 valence electrons. The van der Waals surface area contributed by atoms with Crippen LogP contribution in [0.3, 0.4) is 0 Å². The number of hydrogen-bond acceptors (Lipinski definition) is 4. The van der Waals surface area contributed by atoms with E-state index in [1.54, 1.807) is 0 Å². The van der Waals surface area contributed by atoms with Crippen LogP contribution in [0.25, 0.3) is 0 Å². The number of benzene rings is 1. The fraction of sp³-hybridized carbons (Fsp3) is 0.588. The Bertz CT molecular complexity index is 406. The summed E-state index contributed by atoms with van der Waals surface area (Å²) in [5.41, 5.74) is 3.34. The van der Waals surface area contributed by atoms with Gasteiger partial charge in [-0.3, -0.25) is 9.63 Å². The van der Waals surface area contributed by atoms with Gasteiger partial charge < -0.3 is 9.84 Å². The van der Waals surface area contributed by atoms with Gasteiger partial charge in [0.2, 0.25) is 0 Å². The first-order chi connectivity index (χ1) is 10.7. The van der Waals surface area contributed by atoms with Gasteiger partial charge in [0.25, 0.3) is 0 Å². The molecule has 0 aromatic heterocycles. The second-order valence-corrected chi connectivity index (χ2v) is 5.26. The zero-order valence-corrected chi connectivity index (χ0v) is 13.3. The fourth-order valence-corrected chi connectivity index (χ4v) is 2.00. The maximum absolute atomic E-state index is 10.3. The van der Waals surface area contributed by atoms with E-state index in [2.05, 4.69) is 12.4 Å². The number of rotatable bonds is 13. The second-order valence-electron chi connectivity index (χ2n) is 5.26. The molecule has 0 aliphatic rings. The molecule has 1 rings (SSSR count). The Labute approximate surface area is 132 Å². The van der Waals surface area contributed by atoms with E-state index in [0.717, 1.165) is 24.3 Å². The van der Waals surface area contributed by atoms with Crippen LogP contribution in [0.1, 0.15) is 51.0 Å². The Morgan fingerprint density at radius 1 is 1.09 bits per heavy atom. The van der Waals surface area contributed by atoms with E-state index in [1.165, 1.54) is 32.1 Å². The minimum atomic E-state index is -0.946. The van der Waals surface area contributed by atoms with E-state index in [9.17, 15) is 4.79 Å². The van der Waals surface area contributed by atoms with Crippen molar-refractivity contribution >= 4 is 5.97 Å². The van der Waals surface area contributed by atoms with Gasteiger partial charge in [-0.05, 0) is 24.1 Å². The zero-order valence-electron chi connectivity index (χ0n) is 13.3. The van der Waals surface area contributed by atoms with Crippen LogP contribution in [0.2, 0.25) is 0 Å². The summed E-state index contributed by atoms with van der Waals surface area (Å²) in [6.45, 7) is 3.09. The average molecular weight is 309 g/mol. The van der Waals surface area contributed by atoms with Crippen molar-refractivity contribution in [2.45, 2.75) is 52.1 Å². The van der Waals surface area contributed by atoms with Crippen molar-refractivity contribution in [3.8, 4) is 5.75 Å². The van der Waals surface area contributed by atoms with E-state index >= 15 is 0 Å². The quantitative estimate of drug-likeness (QED) is 0.431. The molecule has 2 N–H and O–H groups in total. The average Bonchev–Trinajstić information content (AvgIpc) is 2.52. The summed E-state index contributed by atoms with van der Waals surface area (Å²) in [6, 6.07) is 7.65. The smallest absolute Gasteiger partial charge is 0.319 e. The molecular weight excluding hydrogens is 282 g/mol. The summed E-state index contributed by atoms with van der Waals surface area (Å²) in [5, 5.41) is 8.45. The second kappa shape index (κ2) is 12.0. The monoisotopic (exact) mass is 309 g/mol. The van der Waals surface area contributed by atoms with Crippen LogP contribution < -0.4 is 10.2 Å². The number of carboxylic acid groups (broad SMARTS) is 1. The van der Waals surface area contributed by atoms with E-state index < -0.39 is 5.97 Å². The molecule has 0 aliphatic carbocycles. The maximum atomic E-state index is 10.3. The van der Waals surface area contributed by atoms with Crippen molar-refractivity contribution in [1.29, 1.82) is 0 Å². The molecule has 0 aliphatic heterocycles. The molecule has 0 unspecified atom stereocenters. The van der Waals surface area contributed by atoms with E-state index in [1.807, 2.05) is 24.3 Å². The van der Waals surface area contributed by atoms with E-state index in [4.69, 9.17) is 14.7 Å². The van der Waals surface area contributed by atoms with Crippen LogP contribution in [0.4, 0.5) is 0 Å². The predicted octanol–water partition coefficient (Wildman–Crippen LogP) is 3.53.